The molecule has 0 bridgehead atoms. The molecule has 0 spiro atoms. The topological polar surface area (TPSA) is 101 Å². The van der Waals surface area contributed by atoms with Gasteiger partial charge in [-0.3, -0.25) is 9.82 Å². The highest BCUT2D eigenvalue weighted by atomic mass is 32.2. The number of benzene rings is 1. The van der Waals surface area contributed by atoms with Gasteiger partial charge in [0.15, 0.2) is 5.03 Å². The Morgan fingerprint density at radius 3 is 2.71 bits per heavy atom. The number of nitrogens with one attached hydrogen (secondary N) is 2. The Labute approximate surface area is 98.9 Å². The first-order valence-electron chi connectivity index (χ1n) is 4.87. The van der Waals surface area contributed by atoms with Crippen molar-refractivity contribution in [2.45, 2.75) is 11.9 Å². The minimum absolute atomic E-state index is 0.00234. The molecule has 90 valence electrons. The zero-order chi connectivity index (χ0) is 12.5. The van der Waals surface area contributed by atoms with E-state index in [1.165, 1.54) is 12.3 Å². The zero-order valence-electron chi connectivity index (χ0n) is 9.14. The summed E-state index contributed by atoms with van der Waals surface area (Å²) in [5, 5.41) is 5.98. The molecule has 1 heterocycles. The van der Waals surface area contributed by atoms with E-state index in [2.05, 4.69) is 14.9 Å². The van der Waals surface area contributed by atoms with Crippen molar-refractivity contribution in [2.24, 2.45) is 0 Å². The van der Waals surface area contributed by atoms with Crippen LogP contribution in [0.1, 0.15) is 5.56 Å². The Morgan fingerprint density at radius 2 is 2.12 bits per heavy atom. The van der Waals surface area contributed by atoms with Crippen molar-refractivity contribution in [3.8, 4) is 0 Å². The number of nitrogens with zero attached hydrogens (tertiary/aromatic N) is 1. The van der Waals surface area contributed by atoms with Gasteiger partial charge in [0.05, 0.1) is 17.6 Å². The van der Waals surface area contributed by atoms with E-state index in [-0.39, 0.29) is 5.03 Å². The summed E-state index contributed by atoms with van der Waals surface area (Å²) in [4.78, 5) is 0. The van der Waals surface area contributed by atoms with Gasteiger partial charge in [-0.1, -0.05) is 6.07 Å². The lowest BCUT2D eigenvalue weighted by Gasteiger charge is -2.09. The van der Waals surface area contributed by atoms with Gasteiger partial charge in [0.2, 0.25) is 0 Å². The molecule has 4 N–H and O–H groups in total. The van der Waals surface area contributed by atoms with Crippen molar-refractivity contribution in [3.05, 3.63) is 36.0 Å². The van der Waals surface area contributed by atoms with Crippen LogP contribution in [0.15, 0.2) is 35.5 Å². The summed E-state index contributed by atoms with van der Waals surface area (Å²) in [7, 11) is -3.65. The fourth-order valence-corrected chi connectivity index (χ4v) is 2.37. The maximum absolute atomic E-state index is 11.9. The average Bonchev–Trinajstić information content (AvgIpc) is 2.76. The molecule has 2 aromatic rings. The first-order chi connectivity index (χ1) is 7.99. The number of rotatable bonds is 3. The average molecular weight is 252 g/mol. The maximum atomic E-state index is 11.9. The fraction of sp³-hybridized carbons (Fsp3) is 0.100. The maximum Gasteiger partial charge on any atom is 0.278 e. The van der Waals surface area contributed by atoms with Crippen LogP contribution in [0.25, 0.3) is 0 Å². The Morgan fingerprint density at radius 1 is 1.35 bits per heavy atom. The number of anilines is 2. The molecule has 0 aliphatic carbocycles. The molecular weight excluding hydrogens is 240 g/mol. The number of aromatic amines is 1. The third-order valence-corrected chi connectivity index (χ3v) is 3.51. The molecule has 6 nitrogen and oxygen atoms in total. The first kappa shape index (κ1) is 11.5. The summed E-state index contributed by atoms with van der Waals surface area (Å²) >= 11 is 0. The molecule has 0 saturated carbocycles. The molecule has 2 rings (SSSR count). The van der Waals surface area contributed by atoms with Crippen LogP contribution in [0.2, 0.25) is 0 Å². The second-order valence-electron chi connectivity index (χ2n) is 3.62. The van der Waals surface area contributed by atoms with E-state index in [1.807, 2.05) is 6.92 Å². The van der Waals surface area contributed by atoms with Gasteiger partial charge in [0, 0.05) is 0 Å². The molecule has 0 saturated heterocycles. The molecule has 17 heavy (non-hydrogen) atoms. The van der Waals surface area contributed by atoms with E-state index in [0.717, 1.165) is 5.56 Å². The number of nitrogen functional groups attached to an aromatic ring is 1. The highest BCUT2D eigenvalue weighted by molar-refractivity contribution is 7.92. The van der Waals surface area contributed by atoms with E-state index < -0.39 is 10.0 Å². The molecule has 1 aromatic carbocycles. The van der Waals surface area contributed by atoms with E-state index in [1.54, 1.807) is 18.2 Å². The van der Waals surface area contributed by atoms with Crippen molar-refractivity contribution < 1.29 is 8.42 Å². The molecule has 0 aliphatic rings. The summed E-state index contributed by atoms with van der Waals surface area (Å²) in [6, 6.07) is 6.47. The fourth-order valence-electron chi connectivity index (χ4n) is 1.37. The van der Waals surface area contributed by atoms with E-state index in [9.17, 15) is 8.42 Å². The van der Waals surface area contributed by atoms with Crippen LogP contribution < -0.4 is 10.5 Å². The van der Waals surface area contributed by atoms with Gasteiger partial charge in [0.25, 0.3) is 10.0 Å². The van der Waals surface area contributed by atoms with Crippen molar-refractivity contribution in [1.82, 2.24) is 10.2 Å². The molecule has 0 aliphatic heterocycles. The number of nitrogens with two attached hydrogens (primary N) is 1. The number of aryl methyl sites for hydroxylation is 1. The SMILES string of the molecule is Cc1ccc(NS(=O)(=O)c2ccn[nH]2)c(N)c1. The summed E-state index contributed by atoms with van der Waals surface area (Å²) in [5.74, 6) is 0. The lowest BCUT2D eigenvalue weighted by atomic mass is 10.2. The van der Waals surface area contributed by atoms with Crippen LogP contribution >= 0.6 is 0 Å². The predicted molar refractivity (Wildman–Crippen MR) is 65.0 cm³/mol. The quantitative estimate of drug-likeness (QED) is 0.712. The van der Waals surface area contributed by atoms with Gasteiger partial charge in [-0.25, -0.2) is 0 Å². The van der Waals surface area contributed by atoms with Crippen LogP contribution in [0.5, 0.6) is 0 Å². The lowest BCUT2D eigenvalue weighted by molar-refractivity contribution is 0.597. The van der Waals surface area contributed by atoms with Crippen molar-refractivity contribution in [1.29, 1.82) is 0 Å². The lowest BCUT2D eigenvalue weighted by Crippen LogP contribution is -2.14. The van der Waals surface area contributed by atoms with Gasteiger partial charge < -0.3 is 5.73 Å². The van der Waals surface area contributed by atoms with Gasteiger partial charge in [-0.15, -0.1) is 0 Å². The number of sulfonamides is 1. The summed E-state index contributed by atoms with van der Waals surface area (Å²) in [6.45, 7) is 1.88. The van der Waals surface area contributed by atoms with Gasteiger partial charge in [-0.2, -0.15) is 13.5 Å². The van der Waals surface area contributed by atoms with E-state index in [0.29, 0.717) is 11.4 Å². The summed E-state index contributed by atoms with van der Waals surface area (Å²) in [6.07, 6.45) is 1.37. The smallest absolute Gasteiger partial charge is 0.278 e. The van der Waals surface area contributed by atoms with Crippen molar-refractivity contribution in [2.75, 3.05) is 10.5 Å². The normalized spacial score (nSPS) is 11.4. The minimum atomic E-state index is -3.65. The van der Waals surface area contributed by atoms with E-state index >= 15 is 0 Å². The molecule has 1 aromatic heterocycles. The Bertz CT molecular complexity index is 620. The summed E-state index contributed by atoms with van der Waals surface area (Å²) < 4.78 is 26.1. The van der Waals surface area contributed by atoms with Gasteiger partial charge >= 0.3 is 0 Å². The van der Waals surface area contributed by atoms with Gasteiger partial charge in [0.1, 0.15) is 0 Å². The number of H-pyrrole nitrogens is 1. The van der Waals surface area contributed by atoms with Crippen molar-refractivity contribution >= 4 is 21.4 Å². The zero-order valence-corrected chi connectivity index (χ0v) is 9.95. The molecular formula is C10H12N4O2S. The van der Waals surface area contributed by atoms with Crippen LogP contribution in [0.4, 0.5) is 11.4 Å². The number of hydrogen-bond donors (Lipinski definition) is 3. The van der Waals surface area contributed by atoms with Crippen LogP contribution in [0, 0.1) is 6.92 Å². The second kappa shape index (κ2) is 4.10. The standard InChI is InChI=1S/C10H12N4O2S/c1-7-2-3-9(8(11)6-7)14-17(15,16)10-4-5-12-13-10/h2-6,14H,11H2,1H3,(H,12,13). The molecule has 0 unspecified atom stereocenters. The molecule has 0 atom stereocenters. The molecule has 0 fully saturated rings. The monoisotopic (exact) mass is 252 g/mol. The van der Waals surface area contributed by atoms with E-state index in [4.69, 9.17) is 5.73 Å². The highest BCUT2D eigenvalue weighted by Crippen LogP contribution is 2.22. The van der Waals surface area contributed by atoms with Crippen LogP contribution in [0.3, 0.4) is 0 Å². The predicted octanol–water partition coefficient (Wildman–Crippen LogP) is 1.10. The van der Waals surface area contributed by atoms with Crippen molar-refractivity contribution in [3.63, 3.8) is 0 Å². The molecule has 0 radical (unpaired) electrons. The third-order valence-electron chi connectivity index (χ3n) is 2.22. The number of hydrogen-bond acceptors (Lipinski definition) is 4. The minimum Gasteiger partial charge on any atom is -0.397 e. The van der Waals surface area contributed by atoms with Gasteiger partial charge in [-0.05, 0) is 30.7 Å². The van der Waals surface area contributed by atoms with Crippen LogP contribution in [-0.4, -0.2) is 18.6 Å². The molecule has 7 heteroatoms. The Kier molecular flexibility index (Phi) is 2.76. The second-order valence-corrected chi connectivity index (χ2v) is 5.27. The Hall–Kier alpha value is -2.02. The highest BCUT2D eigenvalue weighted by Gasteiger charge is 2.16. The molecule has 0 amide bonds. The number of aromatic nitrogens is 2. The summed E-state index contributed by atoms with van der Waals surface area (Å²) in [5.41, 5.74) is 7.43. The largest absolute Gasteiger partial charge is 0.397 e. The first-order valence-corrected chi connectivity index (χ1v) is 6.36. The van der Waals surface area contributed by atoms with Crippen LogP contribution in [-0.2, 0) is 10.0 Å². The third kappa shape index (κ3) is 2.39. The Balaban J connectivity index is 2.33.